The molecule has 0 amide bonds. The predicted molar refractivity (Wildman–Crippen MR) is 177 cm³/mol. The molecule has 0 atom stereocenters. The Morgan fingerprint density at radius 3 is 2.48 bits per heavy atom. The molecule has 0 radical (unpaired) electrons. The Morgan fingerprint density at radius 2 is 1.71 bits per heavy atom. The number of anilines is 3. The van der Waals surface area contributed by atoms with Gasteiger partial charge in [0.05, 0.1) is 46.7 Å². The first-order valence-electron chi connectivity index (χ1n) is 15.4. The fourth-order valence-electron chi connectivity index (χ4n) is 6.21. The van der Waals surface area contributed by atoms with E-state index in [1.54, 1.807) is 0 Å². The maximum Gasteiger partial charge on any atom is 0.116 e. The van der Waals surface area contributed by atoms with E-state index in [0.717, 1.165) is 69.9 Å². The molecule has 3 N–H and O–H groups in total. The molecular weight excluding hydrogens is 518 g/mol. The lowest BCUT2D eigenvalue weighted by Crippen LogP contribution is -2.30. The van der Waals surface area contributed by atoms with Crippen LogP contribution in [0.15, 0.2) is 56.3 Å². The fraction of sp³-hybridized carbons (Fsp3) is 0.400. The number of nitrogens with zero attached hydrogens (tertiary/aromatic N) is 4. The van der Waals surface area contributed by atoms with Crippen molar-refractivity contribution in [2.45, 2.75) is 71.6 Å². The van der Waals surface area contributed by atoms with E-state index in [9.17, 15) is 0 Å². The molecule has 0 spiro atoms. The highest BCUT2D eigenvalue weighted by Crippen LogP contribution is 2.30. The molecule has 0 unspecified atom stereocenters. The van der Waals surface area contributed by atoms with Gasteiger partial charge in [0.2, 0.25) is 0 Å². The number of H-pyrrole nitrogens is 1. The van der Waals surface area contributed by atoms with Gasteiger partial charge in [-0.3, -0.25) is 15.1 Å². The monoisotopic (exact) mass is 563 g/mol. The zero-order valence-electron chi connectivity index (χ0n) is 25.3. The lowest BCUT2D eigenvalue weighted by atomic mass is 9.86. The third-order valence-electron chi connectivity index (χ3n) is 8.59. The number of piperidine rings is 1. The normalized spacial score (nSPS) is 16.9. The number of nitrogens with one attached hydrogen (secondary N) is 3. The first kappa shape index (κ1) is 29.4. The number of aromatic amines is 1. The molecule has 4 heterocycles. The standard InChI is InChI=1S/C35H45N7/c1-6-32-31(17-24(2)29-19-30(21-36-20-29)38-25(3)18-28-13-9-7-10-14-28)35(41-40-32)27(5)39-33-22-37-23-34(26(33)4)42-15-11-8-12-16-42/h6,17,19-23,28,38-40H,2-3,5,7-16,18H2,1,4H3/b31-17+,32-6+. The van der Waals surface area contributed by atoms with Crippen LogP contribution in [0.25, 0.3) is 23.4 Å². The minimum atomic E-state index is 0.701. The highest BCUT2D eigenvalue weighted by atomic mass is 15.1. The van der Waals surface area contributed by atoms with E-state index in [1.165, 1.54) is 62.6 Å². The molecule has 220 valence electrons. The van der Waals surface area contributed by atoms with Crippen LogP contribution < -0.4 is 26.1 Å². The van der Waals surface area contributed by atoms with Crippen LogP contribution in [0.1, 0.15) is 81.5 Å². The Labute approximate surface area is 250 Å². The van der Waals surface area contributed by atoms with Gasteiger partial charge >= 0.3 is 0 Å². The van der Waals surface area contributed by atoms with Crippen molar-refractivity contribution in [1.82, 2.24) is 20.2 Å². The summed E-state index contributed by atoms with van der Waals surface area (Å²) in [6.45, 7) is 19.3. The zero-order chi connectivity index (χ0) is 29.5. The molecule has 1 saturated carbocycles. The van der Waals surface area contributed by atoms with Crippen LogP contribution in [0.3, 0.4) is 0 Å². The Bertz CT molecular complexity index is 1550. The molecule has 42 heavy (non-hydrogen) atoms. The van der Waals surface area contributed by atoms with Gasteiger partial charge < -0.3 is 15.5 Å². The molecule has 2 fully saturated rings. The third kappa shape index (κ3) is 7.01. The summed E-state index contributed by atoms with van der Waals surface area (Å²) >= 11 is 0. The highest BCUT2D eigenvalue weighted by Gasteiger charge is 2.17. The SMILES string of the molecule is C=C(CC1CCCCC1)Nc1cncc(C(=C)/C=c2/c(C(=C)Nc3cncc(N4CCCCC4)c3C)n[nH]/c2=C/C)c1. The van der Waals surface area contributed by atoms with Crippen LogP contribution >= 0.6 is 0 Å². The van der Waals surface area contributed by atoms with Gasteiger partial charge in [-0.15, -0.1) is 0 Å². The number of pyridine rings is 2. The second kappa shape index (κ2) is 13.7. The summed E-state index contributed by atoms with van der Waals surface area (Å²) < 4.78 is 0. The van der Waals surface area contributed by atoms with Gasteiger partial charge in [-0.2, -0.15) is 5.10 Å². The van der Waals surface area contributed by atoms with Crippen molar-refractivity contribution in [1.29, 1.82) is 0 Å². The number of allylic oxidation sites excluding steroid dienone is 2. The molecule has 0 aromatic carbocycles. The largest absolute Gasteiger partial charge is 0.370 e. The number of hydrogen-bond donors (Lipinski definition) is 3. The van der Waals surface area contributed by atoms with E-state index in [0.29, 0.717) is 5.70 Å². The van der Waals surface area contributed by atoms with E-state index >= 15 is 0 Å². The first-order valence-corrected chi connectivity index (χ1v) is 15.4. The minimum Gasteiger partial charge on any atom is -0.370 e. The molecule has 1 saturated heterocycles. The van der Waals surface area contributed by atoms with E-state index in [-0.39, 0.29) is 0 Å². The van der Waals surface area contributed by atoms with Crippen molar-refractivity contribution in [2.75, 3.05) is 28.6 Å². The van der Waals surface area contributed by atoms with Crippen molar-refractivity contribution in [3.8, 4) is 0 Å². The summed E-state index contributed by atoms with van der Waals surface area (Å²) in [6, 6.07) is 2.08. The van der Waals surface area contributed by atoms with Gasteiger partial charge in [-0.1, -0.05) is 57.9 Å². The first-order chi connectivity index (χ1) is 20.4. The second-order valence-corrected chi connectivity index (χ2v) is 11.7. The smallest absolute Gasteiger partial charge is 0.116 e. The highest BCUT2D eigenvalue weighted by molar-refractivity contribution is 5.89. The van der Waals surface area contributed by atoms with Crippen LogP contribution in [0.2, 0.25) is 0 Å². The lowest BCUT2D eigenvalue weighted by Gasteiger charge is -2.30. The summed E-state index contributed by atoms with van der Waals surface area (Å²) in [6.07, 6.45) is 23.0. The second-order valence-electron chi connectivity index (χ2n) is 11.7. The van der Waals surface area contributed by atoms with Crippen molar-refractivity contribution >= 4 is 40.5 Å². The van der Waals surface area contributed by atoms with Crippen LogP contribution in [-0.2, 0) is 0 Å². The van der Waals surface area contributed by atoms with E-state index in [4.69, 9.17) is 0 Å². The molecule has 3 aromatic rings. The maximum absolute atomic E-state index is 4.62. The van der Waals surface area contributed by atoms with Gasteiger partial charge in [0.25, 0.3) is 0 Å². The van der Waals surface area contributed by atoms with E-state index < -0.39 is 0 Å². The summed E-state index contributed by atoms with van der Waals surface area (Å²) in [7, 11) is 0. The minimum absolute atomic E-state index is 0.701. The van der Waals surface area contributed by atoms with Crippen molar-refractivity contribution in [3.63, 3.8) is 0 Å². The van der Waals surface area contributed by atoms with Crippen molar-refractivity contribution in [3.05, 3.63) is 83.7 Å². The molecule has 2 aliphatic rings. The Kier molecular flexibility index (Phi) is 9.57. The quantitative estimate of drug-likeness (QED) is 0.253. The number of rotatable bonds is 10. The summed E-state index contributed by atoms with van der Waals surface area (Å²) in [5.74, 6) is 0.731. The molecule has 1 aliphatic carbocycles. The molecule has 7 nitrogen and oxygen atoms in total. The summed E-state index contributed by atoms with van der Waals surface area (Å²) in [5.41, 5.74) is 8.49. The molecule has 1 aliphatic heterocycles. The molecule has 3 aromatic heterocycles. The molecule has 0 bridgehead atoms. The zero-order valence-corrected chi connectivity index (χ0v) is 25.3. The van der Waals surface area contributed by atoms with Crippen LogP contribution in [0.4, 0.5) is 17.1 Å². The molecule has 5 rings (SSSR count). The van der Waals surface area contributed by atoms with Gasteiger partial charge in [0.1, 0.15) is 5.69 Å². The van der Waals surface area contributed by atoms with Crippen LogP contribution in [-0.4, -0.2) is 33.3 Å². The maximum atomic E-state index is 4.62. The Morgan fingerprint density at radius 1 is 0.976 bits per heavy atom. The van der Waals surface area contributed by atoms with Gasteiger partial charge in [-0.05, 0) is 68.7 Å². The lowest BCUT2D eigenvalue weighted by molar-refractivity contribution is 0.357. The van der Waals surface area contributed by atoms with Gasteiger partial charge in [-0.25, -0.2) is 0 Å². The predicted octanol–water partition coefficient (Wildman–Crippen LogP) is 6.77. The van der Waals surface area contributed by atoms with E-state index in [1.807, 2.05) is 43.9 Å². The van der Waals surface area contributed by atoms with Crippen LogP contribution in [0, 0.1) is 12.8 Å². The third-order valence-corrected chi connectivity index (χ3v) is 8.59. The average molecular weight is 564 g/mol. The summed E-state index contributed by atoms with van der Waals surface area (Å²) in [4.78, 5) is 11.5. The average Bonchev–Trinajstić information content (AvgIpc) is 3.41. The topological polar surface area (TPSA) is 81.8 Å². The number of hydrogen-bond acceptors (Lipinski definition) is 6. The van der Waals surface area contributed by atoms with Gasteiger partial charge in [0, 0.05) is 35.8 Å². The number of aromatic nitrogens is 4. The van der Waals surface area contributed by atoms with Crippen molar-refractivity contribution < 1.29 is 0 Å². The fourth-order valence-corrected chi connectivity index (χ4v) is 6.21. The Balaban J connectivity index is 1.34. The van der Waals surface area contributed by atoms with Crippen molar-refractivity contribution in [2.24, 2.45) is 5.92 Å². The van der Waals surface area contributed by atoms with Crippen LogP contribution in [0.5, 0.6) is 0 Å². The molecular formula is C35H45N7. The summed E-state index contributed by atoms with van der Waals surface area (Å²) in [5, 5.41) is 16.6. The Hall–Kier alpha value is -4.13. The van der Waals surface area contributed by atoms with Gasteiger partial charge in [0.15, 0.2) is 0 Å². The molecule has 7 heteroatoms. The van der Waals surface area contributed by atoms with E-state index in [2.05, 4.69) is 68.4 Å².